The summed E-state index contributed by atoms with van der Waals surface area (Å²) < 4.78 is 0. The fraction of sp³-hybridized carbons (Fsp3) is 0.594. The summed E-state index contributed by atoms with van der Waals surface area (Å²) in [5.74, 6) is -0.764. The molecule has 1 unspecified atom stereocenters. The number of carbonyl (C=O) groups is 2. The number of unbranched alkanes of at least 4 members (excludes halogenated alkanes) is 4. The summed E-state index contributed by atoms with van der Waals surface area (Å²) in [6.45, 7) is 10.6. The van der Waals surface area contributed by atoms with Gasteiger partial charge < -0.3 is 25.7 Å². The van der Waals surface area contributed by atoms with Gasteiger partial charge in [-0.05, 0) is 71.6 Å². The number of carbonyl (C=O) groups excluding carboxylic acids is 1. The Morgan fingerprint density at radius 1 is 0.763 bits per heavy atom. The molecule has 0 aromatic heterocycles. The van der Waals surface area contributed by atoms with Crippen LogP contribution in [0.4, 0.5) is 0 Å². The number of hydrogen-bond donors (Lipinski definition) is 4. The zero-order valence-electron chi connectivity index (χ0n) is 25.3. The quantitative estimate of drug-likeness (QED) is 0.0575. The molecular weight excluding hydrogens is 476 g/mol. The van der Waals surface area contributed by atoms with Gasteiger partial charge in [-0.2, -0.15) is 0 Å². The molecule has 6 nitrogen and oxygen atoms in total. The second kappa shape index (κ2) is 51.1. The minimum atomic E-state index is -0.764. The molecule has 0 aliphatic carbocycles. The van der Waals surface area contributed by atoms with Crippen molar-refractivity contribution in [2.24, 2.45) is 0 Å². The Morgan fingerprint density at radius 2 is 1.16 bits per heavy atom. The fourth-order valence-corrected chi connectivity index (χ4v) is 2.72. The Balaban J connectivity index is -0.000000201. The van der Waals surface area contributed by atoms with Crippen molar-refractivity contribution in [1.29, 1.82) is 5.41 Å². The van der Waals surface area contributed by atoms with Crippen LogP contribution in [-0.2, 0) is 9.59 Å². The molecule has 0 saturated heterocycles. The van der Waals surface area contributed by atoms with Crippen LogP contribution >= 0.6 is 0 Å². The third-order valence-corrected chi connectivity index (χ3v) is 4.57. The first kappa shape index (κ1) is 45.4. The van der Waals surface area contributed by atoms with E-state index in [1.54, 1.807) is 7.05 Å². The summed E-state index contributed by atoms with van der Waals surface area (Å²) >= 11 is 0. The number of aliphatic hydroxyl groups is 1. The van der Waals surface area contributed by atoms with Crippen molar-refractivity contribution in [3.8, 4) is 0 Å². The molecule has 0 radical (unpaired) electrons. The molecule has 222 valence electrons. The first-order valence-electron chi connectivity index (χ1n) is 14.0. The highest BCUT2D eigenvalue weighted by atomic mass is 16.4. The molecule has 0 bridgehead atoms. The normalized spacial score (nSPS) is 11.2. The maximum absolute atomic E-state index is 10.3. The summed E-state index contributed by atoms with van der Waals surface area (Å²) in [5.41, 5.74) is 0. The third-order valence-electron chi connectivity index (χ3n) is 4.57. The van der Waals surface area contributed by atoms with Gasteiger partial charge in [-0.3, -0.25) is 4.79 Å². The zero-order chi connectivity index (χ0) is 30.1. The highest BCUT2D eigenvalue weighted by Gasteiger charge is 2.11. The van der Waals surface area contributed by atoms with Gasteiger partial charge in [-0.15, -0.1) is 0 Å². The monoisotopic (exact) mass is 536 g/mol. The first-order valence-corrected chi connectivity index (χ1v) is 14.0. The van der Waals surface area contributed by atoms with Gasteiger partial charge in [-0.25, -0.2) is 0 Å². The summed E-state index contributed by atoms with van der Waals surface area (Å²) in [5, 5.41) is 23.6. The van der Waals surface area contributed by atoms with Crippen LogP contribution in [0, 0.1) is 5.41 Å². The van der Waals surface area contributed by atoms with Gasteiger partial charge in [0.2, 0.25) is 0 Å². The van der Waals surface area contributed by atoms with Crippen molar-refractivity contribution in [2.75, 3.05) is 14.2 Å². The first-order chi connectivity index (χ1) is 18.6. The number of aldehydes is 1. The van der Waals surface area contributed by atoms with Crippen LogP contribution in [0.2, 0.25) is 0 Å². The Labute approximate surface area is 235 Å². The summed E-state index contributed by atoms with van der Waals surface area (Å²) in [6.07, 6.45) is 35.3. The molecular formula is C32H60N2O4. The molecule has 0 fully saturated rings. The molecule has 38 heavy (non-hydrogen) atoms. The van der Waals surface area contributed by atoms with E-state index >= 15 is 0 Å². The van der Waals surface area contributed by atoms with E-state index in [0.717, 1.165) is 71.2 Å². The lowest BCUT2D eigenvalue weighted by Crippen LogP contribution is -2.33. The van der Waals surface area contributed by atoms with Crippen molar-refractivity contribution < 1.29 is 19.8 Å². The van der Waals surface area contributed by atoms with Crippen molar-refractivity contribution in [3.05, 3.63) is 60.8 Å². The molecule has 0 heterocycles. The van der Waals surface area contributed by atoms with E-state index in [1.165, 1.54) is 6.42 Å². The molecule has 0 saturated carbocycles. The standard InChI is InChI=1S/C22H34O.C6H13NO2.C2H6.CH3N.CH4O/c1-2-3-4-5-6-7-8-9-10-11-12-13-14-15-16-17-18-19-20-21-22-23;1-3-4-5(7-2)6(8)9;3*1-2/h3-4,6-7,9-10,12-13,15-16,22H,2,5,8,11,14,17-21H2,1H3;5,7H,3-4H2,1-2H3,(H,8,9);1-2H3;2H,1H2;2H,1H3/b4-3-,7-6-,10-9-,13-12-,16-15-;;;;. The second-order valence-electron chi connectivity index (χ2n) is 7.48. The topological polar surface area (TPSA) is 110 Å². The van der Waals surface area contributed by atoms with Gasteiger partial charge in [0.25, 0.3) is 0 Å². The molecule has 4 N–H and O–H groups in total. The predicted octanol–water partition coefficient (Wildman–Crippen LogP) is 8.25. The van der Waals surface area contributed by atoms with E-state index in [9.17, 15) is 9.59 Å². The van der Waals surface area contributed by atoms with Crippen LogP contribution in [-0.4, -0.2) is 49.4 Å². The molecule has 1 atom stereocenters. The Hall–Kier alpha value is -2.57. The van der Waals surface area contributed by atoms with Crippen molar-refractivity contribution >= 4 is 19.0 Å². The molecule has 6 heteroatoms. The smallest absolute Gasteiger partial charge is 0.320 e. The van der Waals surface area contributed by atoms with E-state index in [1.807, 2.05) is 20.8 Å². The minimum absolute atomic E-state index is 0.366. The highest BCUT2D eigenvalue weighted by molar-refractivity contribution is 5.73. The van der Waals surface area contributed by atoms with Gasteiger partial charge in [0.1, 0.15) is 12.3 Å². The van der Waals surface area contributed by atoms with E-state index in [0.29, 0.717) is 12.8 Å². The predicted molar refractivity (Wildman–Crippen MR) is 168 cm³/mol. The van der Waals surface area contributed by atoms with Crippen LogP contribution in [0.1, 0.15) is 105 Å². The number of aliphatic carboxylic acids is 1. The molecule has 0 aromatic carbocycles. The van der Waals surface area contributed by atoms with Crippen LogP contribution in [0.25, 0.3) is 0 Å². The van der Waals surface area contributed by atoms with E-state index in [4.69, 9.17) is 15.6 Å². The Morgan fingerprint density at radius 3 is 1.47 bits per heavy atom. The highest BCUT2D eigenvalue weighted by Crippen LogP contribution is 2.03. The van der Waals surface area contributed by atoms with Gasteiger partial charge in [0.15, 0.2) is 0 Å². The lowest BCUT2D eigenvalue weighted by atomic mass is 10.1. The minimum Gasteiger partial charge on any atom is -0.480 e. The molecule has 0 aliphatic heterocycles. The summed E-state index contributed by atoms with van der Waals surface area (Å²) in [6, 6.07) is -0.366. The van der Waals surface area contributed by atoms with Gasteiger partial charge in [0.05, 0.1) is 0 Å². The number of aliphatic hydroxyl groups excluding tert-OH is 1. The summed E-state index contributed by atoms with van der Waals surface area (Å²) in [4.78, 5) is 20.4. The third kappa shape index (κ3) is 50.3. The lowest BCUT2D eigenvalue weighted by molar-refractivity contribution is -0.139. The average molecular weight is 537 g/mol. The number of carboxylic acids is 1. The molecule has 0 amide bonds. The van der Waals surface area contributed by atoms with Gasteiger partial charge >= 0.3 is 5.97 Å². The maximum atomic E-state index is 10.3. The number of likely N-dealkylation sites (N-methyl/N-ethyl adjacent to an activating group) is 1. The molecule has 0 aromatic rings. The van der Waals surface area contributed by atoms with Gasteiger partial charge in [0, 0.05) is 13.5 Å². The van der Waals surface area contributed by atoms with Crippen LogP contribution in [0.5, 0.6) is 0 Å². The summed E-state index contributed by atoms with van der Waals surface area (Å²) in [7, 11) is 2.66. The van der Waals surface area contributed by atoms with Crippen LogP contribution < -0.4 is 5.32 Å². The Bertz CT molecular complexity index is 582. The fourth-order valence-electron chi connectivity index (χ4n) is 2.72. The van der Waals surface area contributed by atoms with Crippen molar-refractivity contribution in [3.63, 3.8) is 0 Å². The van der Waals surface area contributed by atoms with Crippen LogP contribution in [0.3, 0.4) is 0 Å². The number of allylic oxidation sites excluding steroid dienone is 10. The molecule has 0 aliphatic rings. The Kier molecular flexibility index (Phi) is 61.0. The molecule has 0 rings (SSSR count). The number of carboxylic acid groups (broad SMARTS) is 1. The van der Waals surface area contributed by atoms with Crippen molar-refractivity contribution in [1.82, 2.24) is 5.32 Å². The number of rotatable bonds is 19. The zero-order valence-corrected chi connectivity index (χ0v) is 25.3. The maximum Gasteiger partial charge on any atom is 0.320 e. The second-order valence-corrected chi connectivity index (χ2v) is 7.48. The number of nitrogens with one attached hydrogen (secondary N) is 2. The van der Waals surface area contributed by atoms with E-state index in [-0.39, 0.29) is 6.04 Å². The van der Waals surface area contributed by atoms with E-state index in [2.05, 4.69) is 79.7 Å². The van der Waals surface area contributed by atoms with Gasteiger partial charge in [-0.1, -0.05) is 101 Å². The number of hydrogen-bond acceptors (Lipinski definition) is 5. The van der Waals surface area contributed by atoms with Crippen LogP contribution in [0.15, 0.2) is 60.8 Å². The van der Waals surface area contributed by atoms with Crippen molar-refractivity contribution in [2.45, 2.75) is 111 Å². The SMILES string of the molecule is C=N.CC.CC/C=C\C/C=C\C/C=C\C/C=C\C/C=C\CCCCCC=O.CCCC(NC)C(=O)O.CO. The average Bonchev–Trinajstić information content (AvgIpc) is 2.96. The molecule has 0 spiro atoms. The largest absolute Gasteiger partial charge is 0.480 e. The lowest BCUT2D eigenvalue weighted by Gasteiger charge is -2.07. The van der Waals surface area contributed by atoms with E-state index < -0.39 is 5.97 Å².